The van der Waals surface area contributed by atoms with Crippen LogP contribution >= 0.6 is 0 Å². The fraction of sp³-hybridized carbons (Fsp3) is 0. The zero-order valence-corrected chi connectivity index (χ0v) is 9.45. The summed E-state index contributed by atoms with van der Waals surface area (Å²) in [6, 6.07) is 6.40. The van der Waals surface area contributed by atoms with Gasteiger partial charge in [0.05, 0.1) is 5.56 Å². The molecule has 2 aromatic carbocycles. The number of anilines is 1. The highest BCUT2D eigenvalue weighted by atomic mass is 19.1. The zero-order valence-electron chi connectivity index (χ0n) is 9.45. The van der Waals surface area contributed by atoms with Crippen molar-refractivity contribution in [3.8, 4) is 5.75 Å². The Morgan fingerprint density at radius 2 is 1.63 bits per heavy atom. The average molecular weight is 267 g/mol. The Morgan fingerprint density at radius 1 is 1.05 bits per heavy atom. The highest BCUT2D eigenvalue weighted by Crippen LogP contribution is 2.23. The van der Waals surface area contributed by atoms with Gasteiger partial charge in [-0.2, -0.15) is 0 Å². The number of halogens is 3. The lowest BCUT2D eigenvalue weighted by molar-refractivity contribution is 0.102. The lowest BCUT2D eigenvalue weighted by atomic mass is 10.2. The van der Waals surface area contributed by atoms with E-state index in [1.807, 2.05) is 5.32 Å². The van der Waals surface area contributed by atoms with Crippen LogP contribution in [0.25, 0.3) is 0 Å². The van der Waals surface area contributed by atoms with Gasteiger partial charge in [0.1, 0.15) is 17.3 Å². The lowest BCUT2D eigenvalue weighted by Gasteiger charge is -2.08. The number of amides is 1. The van der Waals surface area contributed by atoms with Crippen LogP contribution in [-0.4, -0.2) is 11.0 Å². The molecule has 2 N–H and O–H groups in total. The molecule has 0 aliphatic heterocycles. The maximum absolute atomic E-state index is 13.3. The van der Waals surface area contributed by atoms with Crippen LogP contribution in [0, 0.1) is 17.5 Å². The summed E-state index contributed by atoms with van der Waals surface area (Å²) in [6.45, 7) is 0. The fourth-order valence-electron chi connectivity index (χ4n) is 1.51. The summed E-state index contributed by atoms with van der Waals surface area (Å²) in [5, 5.41) is 11.4. The molecule has 0 saturated heterocycles. The Labute approximate surface area is 106 Å². The summed E-state index contributed by atoms with van der Waals surface area (Å²) < 4.78 is 39.4. The summed E-state index contributed by atoms with van der Waals surface area (Å²) in [4.78, 5) is 11.7. The summed E-state index contributed by atoms with van der Waals surface area (Å²) in [5.41, 5.74) is -0.916. The number of rotatable bonds is 2. The first kappa shape index (κ1) is 12.9. The summed E-state index contributed by atoms with van der Waals surface area (Å²) >= 11 is 0. The number of phenols is 1. The van der Waals surface area contributed by atoms with Crippen molar-refractivity contribution < 1.29 is 23.1 Å². The minimum absolute atomic E-state index is 0.148. The van der Waals surface area contributed by atoms with E-state index >= 15 is 0 Å². The molecule has 0 fully saturated rings. The van der Waals surface area contributed by atoms with Gasteiger partial charge in [-0.15, -0.1) is 0 Å². The molecule has 0 saturated carbocycles. The third kappa shape index (κ3) is 2.67. The number of carbonyl (C=O) groups excluding carboxylic acids is 1. The normalized spacial score (nSPS) is 10.3. The maximum Gasteiger partial charge on any atom is 0.259 e. The molecule has 98 valence electrons. The van der Waals surface area contributed by atoms with Crippen molar-refractivity contribution in [1.29, 1.82) is 0 Å². The summed E-state index contributed by atoms with van der Waals surface area (Å²) in [5.74, 6) is -4.79. The first-order valence-corrected chi connectivity index (χ1v) is 5.23. The monoisotopic (exact) mass is 267 g/mol. The number of carbonyl (C=O) groups is 1. The molecule has 0 radical (unpaired) electrons. The van der Waals surface area contributed by atoms with Crippen LogP contribution in [0.1, 0.15) is 10.4 Å². The van der Waals surface area contributed by atoms with E-state index in [-0.39, 0.29) is 11.3 Å². The van der Waals surface area contributed by atoms with Gasteiger partial charge in [0.25, 0.3) is 5.91 Å². The molecule has 0 aliphatic carbocycles. The smallest absolute Gasteiger partial charge is 0.259 e. The SMILES string of the molecule is O=C(Nc1c(F)cc(F)cc1F)c1ccccc1O. The van der Waals surface area contributed by atoms with Gasteiger partial charge in [-0.25, -0.2) is 13.2 Å². The molecule has 1 amide bonds. The van der Waals surface area contributed by atoms with Crippen LogP contribution in [0.5, 0.6) is 5.75 Å². The van der Waals surface area contributed by atoms with Crippen molar-refractivity contribution in [2.75, 3.05) is 5.32 Å². The second-order valence-corrected chi connectivity index (χ2v) is 3.72. The van der Waals surface area contributed by atoms with Crippen molar-refractivity contribution in [1.82, 2.24) is 0 Å². The van der Waals surface area contributed by atoms with Crippen LogP contribution < -0.4 is 5.32 Å². The zero-order chi connectivity index (χ0) is 14.0. The van der Waals surface area contributed by atoms with E-state index < -0.39 is 29.0 Å². The van der Waals surface area contributed by atoms with Gasteiger partial charge in [0.15, 0.2) is 11.6 Å². The molecule has 2 aromatic rings. The largest absolute Gasteiger partial charge is 0.507 e. The van der Waals surface area contributed by atoms with Gasteiger partial charge in [0, 0.05) is 12.1 Å². The van der Waals surface area contributed by atoms with Gasteiger partial charge in [-0.1, -0.05) is 12.1 Å². The summed E-state index contributed by atoms with van der Waals surface area (Å²) in [6.07, 6.45) is 0. The minimum Gasteiger partial charge on any atom is -0.507 e. The first-order chi connectivity index (χ1) is 8.99. The predicted octanol–water partition coefficient (Wildman–Crippen LogP) is 3.06. The average Bonchev–Trinajstić information content (AvgIpc) is 2.34. The Kier molecular flexibility index (Phi) is 3.41. The standard InChI is InChI=1S/C13H8F3NO2/c14-7-5-9(15)12(10(16)6-7)17-13(19)8-3-1-2-4-11(8)18/h1-6,18H,(H,17,19). The van der Waals surface area contributed by atoms with Crippen LogP contribution in [0.15, 0.2) is 36.4 Å². The highest BCUT2D eigenvalue weighted by Gasteiger charge is 2.17. The van der Waals surface area contributed by atoms with Gasteiger partial charge >= 0.3 is 0 Å². The molecule has 2 rings (SSSR count). The van der Waals surface area contributed by atoms with E-state index in [9.17, 15) is 23.1 Å². The lowest BCUT2D eigenvalue weighted by Crippen LogP contribution is -2.14. The number of hydrogen-bond donors (Lipinski definition) is 2. The number of hydrogen-bond acceptors (Lipinski definition) is 2. The second-order valence-electron chi connectivity index (χ2n) is 3.72. The molecule has 0 spiro atoms. The molecule has 0 unspecified atom stereocenters. The molecular formula is C13H8F3NO2. The van der Waals surface area contributed by atoms with Gasteiger partial charge in [-0.3, -0.25) is 4.79 Å². The van der Waals surface area contributed by atoms with Gasteiger partial charge in [0.2, 0.25) is 0 Å². The van der Waals surface area contributed by atoms with Crippen molar-refractivity contribution >= 4 is 11.6 Å². The molecule has 0 aliphatic rings. The summed E-state index contributed by atoms with van der Waals surface area (Å²) in [7, 11) is 0. The quantitative estimate of drug-likeness (QED) is 0.878. The van der Waals surface area contributed by atoms with E-state index in [0.717, 1.165) is 0 Å². The highest BCUT2D eigenvalue weighted by molar-refractivity contribution is 6.06. The Morgan fingerprint density at radius 3 is 2.21 bits per heavy atom. The predicted molar refractivity (Wildman–Crippen MR) is 62.4 cm³/mol. The topological polar surface area (TPSA) is 49.3 Å². The molecule has 0 aromatic heterocycles. The number of benzene rings is 2. The number of nitrogens with one attached hydrogen (secondary N) is 1. The van der Waals surface area contributed by atoms with E-state index in [2.05, 4.69) is 0 Å². The van der Waals surface area contributed by atoms with E-state index in [1.54, 1.807) is 0 Å². The second kappa shape index (κ2) is 5.01. The van der Waals surface area contributed by atoms with E-state index in [4.69, 9.17) is 0 Å². The van der Waals surface area contributed by atoms with Crippen LogP contribution in [0.4, 0.5) is 18.9 Å². The molecule has 3 nitrogen and oxygen atoms in total. The van der Waals surface area contributed by atoms with E-state index in [0.29, 0.717) is 12.1 Å². The van der Waals surface area contributed by atoms with Gasteiger partial charge < -0.3 is 10.4 Å². The molecule has 0 atom stereocenters. The molecule has 19 heavy (non-hydrogen) atoms. The molecular weight excluding hydrogens is 259 g/mol. The van der Waals surface area contributed by atoms with E-state index in [1.165, 1.54) is 24.3 Å². The van der Waals surface area contributed by atoms with Crippen molar-refractivity contribution in [3.05, 3.63) is 59.4 Å². The van der Waals surface area contributed by atoms with Gasteiger partial charge in [-0.05, 0) is 12.1 Å². The number of aromatic hydroxyl groups is 1. The third-order valence-corrected chi connectivity index (χ3v) is 2.39. The minimum atomic E-state index is -1.23. The number of para-hydroxylation sites is 1. The molecule has 0 bridgehead atoms. The van der Waals surface area contributed by atoms with Crippen LogP contribution in [-0.2, 0) is 0 Å². The van der Waals surface area contributed by atoms with Crippen LogP contribution in [0.2, 0.25) is 0 Å². The Bertz CT molecular complexity index is 621. The van der Waals surface area contributed by atoms with Crippen molar-refractivity contribution in [2.24, 2.45) is 0 Å². The molecule has 0 heterocycles. The fourth-order valence-corrected chi connectivity index (χ4v) is 1.51. The Balaban J connectivity index is 2.32. The Hall–Kier alpha value is -2.50. The number of phenolic OH excluding ortho intramolecular Hbond substituents is 1. The van der Waals surface area contributed by atoms with Crippen molar-refractivity contribution in [3.63, 3.8) is 0 Å². The van der Waals surface area contributed by atoms with Crippen LogP contribution in [0.3, 0.4) is 0 Å². The third-order valence-electron chi connectivity index (χ3n) is 2.39. The molecule has 6 heteroatoms. The first-order valence-electron chi connectivity index (χ1n) is 5.23. The van der Waals surface area contributed by atoms with Crippen molar-refractivity contribution in [2.45, 2.75) is 0 Å². The maximum atomic E-state index is 13.3.